The highest BCUT2D eigenvalue weighted by Crippen LogP contribution is 2.28. The molecule has 0 unspecified atom stereocenters. The predicted octanol–water partition coefficient (Wildman–Crippen LogP) is 7.40. The minimum Gasteiger partial charge on any atom is -0.352 e. The molecule has 0 aromatic heterocycles. The Morgan fingerprint density at radius 3 is 2.00 bits per heavy atom. The average Bonchev–Trinajstić information content (AvgIpc) is 3.02. The van der Waals surface area contributed by atoms with Crippen LogP contribution in [-0.2, 0) is 32.6 Å². The van der Waals surface area contributed by atoms with Gasteiger partial charge < -0.3 is 10.2 Å². The zero-order valence-electron chi connectivity index (χ0n) is 24.9. The van der Waals surface area contributed by atoms with Crippen LogP contribution in [0, 0.1) is 0 Å². The molecule has 0 saturated carbocycles. The van der Waals surface area contributed by atoms with Crippen molar-refractivity contribution in [2.24, 2.45) is 0 Å². The molecule has 0 heterocycles. The summed E-state index contributed by atoms with van der Waals surface area (Å²) in [5.41, 5.74) is 1.76. The van der Waals surface area contributed by atoms with Crippen LogP contribution in [0.4, 0.5) is 5.69 Å². The Hall–Kier alpha value is -3.56. The van der Waals surface area contributed by atoms with Crippen molar-refractivity contribution >= 4 is 62.3 Å². The number of rotatable bonds is 13. The van der Waals surface area contributed by atoms with Crippen LogP contribution in [0.1, 0.15) is 31.4 Å². The van der Waals surface area contributed by atoms with Crippen molar-refractivity contribution in [3.05, 3.63) is 129 Å². The molecule has 0 saturated heterocycles. The van der Waals surface area contributed by atoms with Crippen LogP contribution < -0.4 is 9.62 Å². The molecule has 1 N–H and O–H groups in total. The summed E-state index contributed by atoms with van der Waals surface area (Å²) in [6, 6.07) is 27.2. The zero-order valence-corrected chi connectivity index (χ0v) is 28.0. The molecule has 0 aliphatic heterocycles. The first kappa shape index (κ1) is 34.3. The van der Waals surface area contributed by atoms with Crippen LogP contribution >= 0.6 is 34.8 Å². The van der Waals surface area contributed by atoms with E-state index in [1.165, 1.54) is 35.2 Å². The monoisotopic (exact) mass is 685 g/mol. The van der Waals surface area contributed by atoms with E-state index in [0.29, 0.717) is 21.5 Å². The van der Waals surface area contributed by atoms with Gasteiger partial charge in [-0.05, 0) is 79.1 Å². The maximum absolute atomic E-state index is 14.5. The lowest BCUT2D eigenvalue weighted by Gasteiger charge is -2.34. The summed E-state index contributed by atoms with van der Waals surface area (Å²) < 4.78 is 29.1. The minimum atomic E-state index is -4.27. The summed E-state index contributed by atoms with van der Waals surface area (Å²) >= 11 is 18.4. The molecular formula is C34H34Cl3N3O4S. The number of nitrogens with one attached hydrogen (secondary N) is 1. The number of hydrogen-bond donors (Lipinski definition) is 1. The number of carbonyl (C=O) groups is 2. The number of hydrogen-bond acceptors (Lipinski definition) is 4. The Bertz CT molecular complexity index is 1700. The van der Waals surface area contributed by atoms with E-state index < -0.39 is 28.5 Å². The van der Waals surface area contributed by atoms with Gasteiger partial charge in [-0.15, -0.1) is 0 Å². The molecule has 4 rings (SSSR count). The average molecular weight is 687 g/mol. The summed E-state index contributed by atoms with van der Waals surface area (Å²) in [6.45, 7) is 3.28. The maximum atomic E-state index is 14.5. The van der Waals surface area contributed by atoms with E-state index in [1.54, 1.807) is 42.5 Å². The van der Waals surface area contributed by atoms with Gasteiger partial charge in [0.1, 0.15) is 12.6 Å². The molecule has 0 fully saturated rings. The Kier molecular flexibility index (Phi) is 11.9. The van der Waals surface area contributed by atoms with E-state index in [-0.39, 0.29) is 35.5 Å². The molecule has 0 aliphatic rings. The Labute approximate surface area is 279 Å². The maximum Gasteiger partial charge on any atom is 0.264 e. The van der Waals surface area contributed by atoms with Crippen molar-refractivity contribution in [3.63, 3.8) is 0 Å². The highest BCUT2D eigenvalue weighted by molar-refractivity contribution is 7.92. The molecular weight excluding hydrogens is 653 g/mol. The first-order valence-electron chi connectivity index (χ1n) is 14.4. The predicted molar refractivity (Wildman–Crippen MR) is 181 cm³/mol. The lowest BCUT2D eigenvalue weighted by molar-refractivity contribution is -0.140. The third-order valence-electron chi connectivity index (χ3n) is 7.31. The largest absolute Gasteiger partial charge is 0.352 e. The van der Waals surface area contributed by atoms with Gasteiger partial charge in [0, 0.05) is 34.1 Å². The van der Waals surface area contributed by atoms with Gasteiger partial charge in [0.25, 0.3) is 10.0 Å². The van der Waals surface area contributed by atoms with Crippen LogP contribution in [0.5, 0.6) is 0 Å². The summed E-state index contributed by atoms with van der Waals surface area (Å²) in [4.78, 5) is 29.7. The normalized spacial score (nSPS) is 12.6. The third kappa shape index (κ3) is 9.23. The van der Waals surface area contributed by atoms with E-state index in [0.717, 1.165) is 15.4 Å². The van der Waals surface area contributed by atoms with Gasteiger partial charge >= 0.3 is 0 Å². The summed E-state index contributed by atoms with van der Waals surface area (Å²) in [5.74, 6) is -0.923. The smallest absolute Gasteiger partial charge is 0.264 e. The molecule has 0 spiro atoms. The minimum absolute atomic E-state index is 0.0335. The molecule has 2 amide bonds. The first-order chi connectivity index (χ1) is 21.5. The molecule has 4 aromatic rings. The highest BCUT2D eigenvalue weighted by Gasteiger charge is 2.35. The SMILES string of the molecule is CC[C@@H](C)NC(=O)[C@H](Cc1ccccc1)N(Cc1ccc(Cl)cc1)C(=O)CN(c1cccc(Cl)c1)S(=O)(=O)c1ccc(Cl)cc1. The Morgan fingerprint density at radius 1 is 0.778 bits per heavy atom. The van der Waals surface area contributed by atoms with Gasteiger partial charge in [0.2, 0.25) is 11.8 Å². The van der Waals surface area contributed by atoms with Gasteiger partial charge in [-0.1, -0.05) is 90.3 Å². The van der Waals surface area contributed by atoms with E-state index in [1.807, 2.05) is 44.2 Å². The van der Waals surface area contributed by atoms with Crippen LogP contribution in [0.3, 0.4) is 0 Å². The zero-order chi connectivity index (χ0) is 32.6. The van der Waals surface area contributed by atoms with Crippen LogP contribution in [0.2, 0.25) is 15.1 Å². The highest BCUT2D eigenvalue weighted by atomic mass is 35.5. The lowest BCUT2D eigenvalue weighted by Crippen LogP contribution is -2.54. The molecule has 0 aliphatic carbocycles. The van der Waals surface area contributed by atoms with Gasteiger partial charge in [-0.3, -0.25) is 13.9 Å². The molecule has 11 heteroatoms. The Balaban J connectivity index is 1.80. The second-order valence-electron chi connectivity index (χ2n) is 10.6. The molecule has 0 radical (unpaired) electrons. The van der Waals surface area contributed by atoms with Crippen molar-refractivity contribution in [2.75, 3.05) is 10.8 Å². The second kappa shape index (κ2) is 15.6. The third-order valence-corrected chi connectivity index (χ3v) is 9.84. The first-order valence-corrected chi connectivity index (χ1v) is 17.0. The van der Waals surface area contributed by atoms with Gasteiger partial charge in [0.15, 0.2) is 0 Å². The number of carbonyl (C=O) groups excluding carboxylic acids is 2. The summed E-state index contributed by atoms with van der Waals surface area (Å²) in [7, 11) is -4.27. The lowest BCUT2D eigenvalue weighted by atomic mass is 10.0. The topological polar surface area (TPSA) is 86.8 Å². The van der Waals surface area contributed by atoms with E-state index in [9.17, 15) is 18.0 Å². The quantitative estimate of drug-likeness (QED) is 0.159. The number of halogens is 3. The van der Waals surface area contributed by atoms with E-state index >= 15 is 0 Å². The fraction of sp³-hybridized carbons (Fsp3) is 0.235. The fourth-order valence-corrected chi connectivity index (χ4v) is 6.52. The van der Waals surface area contributed by atoms with Crippen molar-refractivity contribution in [1.29, 1.82) is 0 Å². The van der Waals surface area contributed by atoms with Crippen molar-refractivity contribution in [1.82, 2.24) is 10.2 Å². The number of amides is 2. The molecule has 236 valence electrons. The second-order valence-corrected chi connectivity index (χ2v) is 13.8. The van der Waals surface area contributed by atoms with Crippen molar-refractivity contribution in [2.45, 2.75) is 50.2 Å². The molecule has 7 nitrogen and oxygen atoms in total. The standard InChI is InChI=1S/C34H34Cl3N3O4S/c1-3-24(2)38-34(42)32(20-25-8-5-4-6-9-25)39(22-26-12-14-27(35)15-13-26)33(41)23-40(30-11-7-10-29(37)21-30)45(43,44)31-18-16-28(36)17-19-31/h4-19,21,24,32H,3,20,22-23H2,1-2H3,(H,38,42)/t24-,32+/m1/s1. The van der Waals surface area contributed by atoms with Crippen LogP contribution in [0.25, 0.3) is 0 Å². The number of nitrogens with zero attached hydrogens (tertiary/aromatic N) is 2. The van der Waals surface area contributed by atoms with Crippen LogP contribution in [-0.4, -0.2) is 43.8 Å². The molecule has 2 atom stereocenters. The van der Waals surface area contributed by atoms with E-state index in [4.69, 9.17) is 34.8 Å². The Morgan fingerprint density at radius 2 is 1.40 bits per heavy atom. The number of benzene rings is 4. The number of anilines is 1. The molecule has 0 bridgehead atoms. The number of sulfonamides is 1. The van der Waals surface area contributed by atoms with Gasteiger partial charge in [-0.25, -0.2) is 8.42 Å². The fourth-order valence-electron chi connectivity index (χ4n) is 4.68. The summed E-state index contributed by atoms with van der Waals surface area (Å²) in [6.07, 6.45) is 0.903. The van der Waals surface area contributed by atoms with Crippen molar-refractivity contribution < 1.29 is 18.0 Å². The van der Waals surface area contributed by atoms with E-state index in [2.05, 4.69) is 5.32 Å². The molecule has 4 aromatic carbocycles. The summed E-state index contributed by atoms with van der Waals surface area (Å²) in [5, 5.41) is 4.20. The van der Waals surface area contributed by atoms with Gasteiger partial charge in [-0.2, -0.15) is 0 Å². The van der Waals surface area contributed by atoms with Crippen molar-refractivity contribution in [3.8, 4) is 0 Å². The van der Waals surface area contributed by atoms with Gasteiger partial charge in [0.05, 0.1) is 10.6 Å². The van der Waals surface area contributed by atoms with Crippen LogP contribution in [0.15, 0.2) is 108 Å². The molecule has 45 heavy (non-hydrogen) atoms.